The van der Waals surface area contributed by atoms with Crippen LogP contribution in [0.15, 0.2) is 42.5 Å². The van der Waals surface area contributed by atoms with Gasteiger partial charge < -0.3 is 14.8 Å². The van der Waals surface area contributed by atoms with Gasteiger partial charge in [-0.2, -0.15) is 0 Å². The fourth-order valence-electron chi connectivity index (χ4n) is 2.80. The zero-order valence-electron chi connectivity index (χ0n) is 16.3. The first kappa shape index (κ1) is 23.6. The van der Waals surface area contributed by atoms with Crippen molar-refractivity contribution in [1.29, 1.82) is 0 Å². The Morgan fingerprint density at radius 3 is 2.48 bits per heavy atom. The minimum atomic E-state index is 0. The second kappa shape index (κ2) is 13.7. The molecule has 2 rings (SSSR count). The Morgan fingerprint density at radius 2 is 1.74 bits per heavy atom. The Bertz CT molecular complexity index is 665. The third kappa shape index (κ3) is 8.42. The lowest BCUT2D eigenvalue weighted by molar-refractivity contribution is 0.284. The molecule has 0 atom stereocenters. The number of hydrogen-bond donors (Lipinski definition) is 1. The summed E-state index contributed by atoms with van der Waals surface area (Å²) in [6.07, 6.45) is 6.50. The van der Waals surface area contributed by atoms with E-state index in [0.29, 0.717) is 11.6 Å². The number of ether oxygens (including phenoxy) is 2. The molecule has 0 amide bonds. The number of nitrogens with one attached hydrogen (secondary N) is 1. The van der Waals surface area contributed by atoms with Crippen LogP contribution in [0.2, 0.25) is 5.02 Å². The van der Waals surface area contributed by atoms with Crippen LogP contribution in [-0.4, -0.2) is 13.7 Å². The molecule has 0 bridgehead atoms. The SMILES string of the molecule is CCCCCCCNCc1ccc(OCc2ccccc2Cl)c(OC)c1.Cl. The minimum Gasteiger partial charge on any atom is -0.493 e. The van der Waals surface area contributed by atoms with Gasteiger partial charge in [-0.3, -0.25) is 0 Å². The van der Waals surface area contributed by atoms with E-state index in [1.54, 1.807) is 7.11 Å². The fourth-order valence-corrected chi connectivity index (χ4v) is 2.99. The van der Waals surface area contributed by atoms with E-state index in [2.05, 4.69) is 18.3 Å². The van der Waals surface area contributed by atoms with Crippen molar-refractivity contribution < 1.29 is 9.47 Å². The average Bonchev–Trinajstić information content (AvgIpc) is 2.67. The van der Waals surface area contributed by atoms with Gasteiger partial charge in [0.15, 0.2) is 11.5 Å². The van der Waals surface area contributed by atoms with Gasteiger partial charge in [-0.25, -0.2) is 0 Å². The van der Waals surface area contributed by atoms with Crippen LogP contribution in [-0.2, 0) is 13.2 Å². The van der Waals surface area contributed by atoms with Crippen LogP contribution in [0.1, 0.15) is 50.2 Å². The standard InChI is InChI=1S/C22H30ClNO2.ClH/c1-3-4-5-6-9-14-24-16-18-12-13-21(22(15-18)25-2)26-17-19-10-7-8-11-20(19)23;/h7-8,10-13,15,24H,3-6,9,14,16-17H2,1-2H3;1H. The first-order valence-electron chi connectivity index (χ1n) is 9.48. The topological polar surface area (TPSA) is 30.5 Å². The molecule has 0 aliphatic rings. The van der Waals surface area contributed by atoms with Crippen molar-refractivity contribution in [2.24, 2.45) is 0 Å². The summed E-state index contributed by atoms with van der Waals surface area (Å²) in [4.78, 5) is 0. The molecule has 0 spiro atoms. The Kier molecular flexibility index (Phi) is 12.0. The molecular weight excluding hydrogens is 381 g/mol. The lowest BCUT2D eigenvalue weighted by Crippen LogP contribution is -2.14. The summed E-state index contributed by atoms with van der Waals surface area (Å²) in [6.45, 7) is 4.56. The van der Waals surface area contributed by atoms with Crippen LogP contribution in [0.5, 0.6) is 11.5 Å². The van der Waals surface area contributed by atoms with E-state index in [9.17, 15) is 0 Å². The maximum absolute atomic E-state index is 6.18. The number of hydrogen-bond acceptors (Lipinski definition) is 3. The van der Waals surface area contributed by atoms with Crippen LogP contribution in [0.25, 0.3) is 0 Å². The lowest BCUT2D eigenvalue weighted by atomic mass is 10.1. The number of halogens is 2. The highest BCUT2D eigenvalue weighted by atomic mass is 35.5. The smallest absolute Gasteiger partial charge is 0.161 e. The minimum absolute atomic E-state index is 0. The second-order valence-electron chi connectivity index (χ2n) is 6.46. The van der Waals surface area contributed by atoms with E-state index in [4.69, 9.17) is 21.1 Å². The monoisotopic (exact) mass is 411 g/mol. The van der Waals surface area contributed by atoms with Gasteiger partial charge in [0.2, 0.25) is 0 Å². The molecule has 0 heterocycles. The summed E-state index contributed by atoms with van der Waals surface area (Å²) in [5.74, 6) is 1.48. The van der Waals surface area contributed by atoms with Gasteiger partial charge in [-0.15, -0.1) is 12.4 Å². The van der Waals surface area contributed by atoms with E-state index in [0.717, 1.165) is 30.2 Å². The molecule has 2 aromatic rings. The molecule has 0 fully saturated rings. The number of benzene rings is 2. The largest absolute Gasteiger partial charge is 0.493 e. The molecule has 0 saturated carbocycles. The molecule has 0 aliphatic carbocycles. The van der Waals surface area contributed by atoms with Crippen molar-refractivity contribution in [2.75, 3.05) is 13.7 Å². The first-order valence-corrected chi connectivity index (χ1v) is 9.86. The highest BCUT2D eigenvalue weighted by Crippen LogP contribution is 2.29. The van der Waals surface area contributed by atoms with Crippen molar-refractivity contribution in [3.05, 3.63) is 58.6 Å². The van der Waals surface area contributed by atoms with Gasteiger partial charge in [-0.1, -0.05) is 68.5 Å². The van der Waals surface area contributed by atoms with E-state index >= 15 is 0 Å². The third-order valence-electron chi connectivity index (χ3n) is 4.36. The van der Waals surface area contributed by atoms with Gasteiger partial charge in [0.25, 0.3) is 0 Å². The van der Waals surface area contributed by atoms with Crippen molar-refractivity contribution in [3.8, 4) is 11.5 Å². The first-order chi connectivity index (χ1) is 12.7. The maximum Gasteiger partial charge on any atom is 0.161 e. The summed E-state index contributed by atoms with van der Waals surface area (Å²) < 4.78 is 11.4. The Balaban J connectivity index is 0.00000364. The van der Waals surface area contributed by atoms with Gasteiger partial charge >= 0.3 is 0 Å². The lowest BCUT2D eigenvalue weighted by Gasteiger charge is -2.13. The summed E-state index contributed by atoms with van der Waals surface area (Å²) in [7, 11) is 1.67. The van der Waals surface area contributed by atoms with Crippen LogP contribution in [0.3, 0.4) is 0 Å². The molecule has 1 N–H and O–H groups in total. The number of rotatable bonds is 12. The summed E-state index contributed by atoms with van der Waals surface area (Å²) in [5, 5.41) is 4.21. The molecule has 0 radical (unpaired) electrons. The quantitative estimate of drug-likeness (QED) is 0.409. The molecule has 27 heavy (non-hydrogen) atoms. The highest BCUT2D eigenvalue weighted by Gasteiger charge is 2.07. The van der Waals surface area contributed by atoms with Crippen molar-refractivity contribution in [1.82, 2.24) is 5.32 Å². The number of methoxy groups -OCH3 is 1. The Hall–Kier alpha value is -1.42. The van der Waals surface area contributed by atoms with E-state index in [1.165, 1.54) is 37.7 Å². The van der Waals surface area contributed by atoms with E-state index < -0.39 is 0 Å². The Labute approximate surface area is 174 Å². The van der Waals surface area contributed by atoms with Crippen LogP contribution in [0, 0.1) is 0 Å². The molecule has 0 aromatic heterocycles. The molecule has 0 unspecified atom stereocenters. The highest BCUT2D eigenvalue weighted by molar-refractivity contribution is 6.31. The molecule has 150 valence electrons. The van der Waals surface area contributed by atoms with Crippen LogP contribution < -0.4 is 14.8 Å². The van der Waals surface area contributed by atoms with Crippen LogP contribution >= 0.6 is 24.0 Å². The third-order valence-corrected chi connectivity index (χ3v) is 4.72. The molecule has 5 heteroatoms. The van der Waals surface area contributed by atoms with E-state index in [1.807, 2.05) is 36.4 Å². The average molecular weight is 412 g/mol. The van der Waals surface area contributed by atoms with Gasteiger partial charge in [0, 0.05) is 17.1 Å². The zero-order chi connectivity index (χ0) is 18.6. The van der Waals surface area contributed by atoms with E-state index in [-0.39, 0.29) is 12.4 Å². The predicted molar refractivity (Wildman–Crippen MR) is 116 cm³/mol. The van der Waals surface area contributed by atoms with Crippen LogP contribution in [0.4, 0.5) is 0 Å². The van der Waals surface area contributed by atoms with Crippen molar-refractivity contribution >= 4 is 24.0 Å². The maximum atomic E-state index is 6.18. The normalized spacial score (nSPS) is 10.3. The summed E-state index contributed by atoms with van der Waals surface area (Å²) in [6, 6.07) is 13.8. The number of unbranched alkanes of at least 4 members (excludes halogenated alkanes) is 4. The molecule has 2 aromatic carbocycles. The van der Waals surface area contributed by atoms with Crippen molar-refractivity contribution in [3.63, 3.8) is 0 Å². The molecule has 0 aliphatic heterocycles. The second-order valence-corrected chi connectivity index (χ2v) is 6.86. The van der Waals surface area contributed by atoms with Gasteiger partial charge in [0.05, 0.1) is 7.11 Å². The van der Waals surface area contributed by atoms with Gasteiger partial charge in [-0.05, 0) is 36.7 Å². The summed E-state index contributed by atoms with van der Waals surface area (Å²) >= 11 is 6.18. The predicted octanol–water partition coefficient (Wildman–Crippen LogP) is 6.41. The van der Waals surface area contributed by atoms with Crippen molar-refractivity contribution in [2.45, 2.75) is 52.2 Å². The summed E-state index contributed by atoms with van der Waals surface area (Å²) in [5.41, 5.74) is 2.16. The molecule has 3 nitrogen and oxygen atoms in total. The Morgan fingerprint density at radius 1 is 0.963 bits per heavy atom. The molecule has 0 saturated heterocycles. The molecular formula is C22H31Cl2NO2. The fraction of sp³-hybridized carbons (Fsp3) is 0.455. The van der Waals surface area contributed by atoms with Gasteiger partial charge in [0.1, 0.15) is 6.61 Å². The zero-order valence-corrected chi connectivity index (χ0v) is 17.9.